The number of nitriles is 1. The number of hydrogen-bond donors (Lipinski definition) is 2. The molecule has 0 spiro atoms. The first-order chi connectivity index (χ1) is 13.6. The molecular formula is C19H16N6O2S. The van der Waals surface area contributed by atoms with Crippen molar-refractivity contribution in [3.05, 3.63) is 59.3 Å². The minimum atomic E-state index is -0.421. The number of nitrogens with zero attached hydrogens (tertiary/aromatic N) is 4. The first-order valence-corrected chi connectivity index (χ1v) is 9.64. The lowest BCUT2D eigenvalue weighted by molar-refractivity contribution is 0.102. The smallest absolute Gasteiger partial charge is 0.259 e. The van der Waals surface area contributed by atoms with E-state index in [0.717, 1.165) is 12.8 Å². The molecule has 1 amide bonds. The molecule has 3 aromatic rings. The van der Waals surface area contributed by atoms with E-state index in [4.69, 9.17) is 10.2 Å². The number of nitrogen functional groups attached to an aromatic ring is 1. The first-order valence-electron chi connectivity index (χ1n) is 8.66. The van der Waals surface area contributed by atoms with E-state index in [1.165, 1.54) is 17.8 Å². The molecule has 0 saturated heterocycles. The highest BCUT2D eigenvalue weighted by atomic mass is 32.2. The molecule has 4 rings (SSSR count). The molecular weight excluding hydrogens is 376 g/mol. The Balaban J connectivity index is 1.49. The van der Waals surface area contributed by atoms with E-state index in [1.807, 2.05) is 18.2 Å². The van der Waals surface area contributed by atoms with Crippen molar-refractivity contribution in [3.63, 3.8) is 0 Å². The van der Waals surface area contributed by atoms with Gasteiger partial charge in [-0.3, -0.25) is 4.79 Å². The highest BCUT2D eigenvalue weighted by molar-refractivity contribution is 7.98. The van der Waals surface area contributed by atoms with Crippen LogP contribution < -0.4 is 11.1 Å². The summed E-state index contributed by atoms with van der Waals surface area (Å²) in [5.74, 6) is 1.53. The molecule has 1 aromatic carbocycles. The van der Waals surface area contributed by atoms with Gasteiger partial charge in [-0.25, -0.2) is 4.98 Å². The van der Waals surface area contributed by atoms with Crippen molar-refractivity contribution >= 4 is 29.2 Å². The number of thioether (sulfide) groups is 1. The third-order valence-corrected chi connectivity index (χ3v) is 5.13. The average Bonchev–Trinajstić information content (AvgIpc) is 3.45. The van der Waals surface area contributed by atoms with E-state index in [2.05, 4.69) is 26.6 Å². The monoisotopic (exact) mass is 392 g/mol. The number of rotatable bonds is 6. The Bertz CT molecular complexity index is 1060. The third-order valence-electron chi connectivity index (χ3n) is 4.16. The second-order valence-corrected chi connectivity index (χ2v) is 7.27. The number of benzene rings is 1. The number of aromatic nitrogens is 3. The zero-order valence-corrected chi connectivity index (χ0v) is 15.6. The summed E-state index contributed by atoms with van der Waals surface area (Å²) in [5, 5.41) is 20.7. The average molecular weight is 392 g/mol. The van der Waals surface area contributed by atoms with Crippen LogP contribution in [0, 0.1) is 11.3 Å². The van der Waals surface area contributed by atoms with E-state index in [1.54, 1.807) is 12.1 Å². The van der Waals surface area contributed by atoms with Crippen LogP contribution in [0.5, 0.6) is 0 Å². The molecule has 1 aliphatic carbocycles. The Morgan fingerprint density at radius 1 is 1.32 bits per heavy atom. The molecule has 0 atom stereocenters. The molecule has 3 N–H and O–H groups in total. The van der Waals surface area contributed by atoms with E-state index in [9.17, 15) is 10.1 Å². The molecule has 2 heterocycles. The number of amides is 1. The van der Waals surface area contributed by atoms with E-state index in [0.29, 0.717) is 34.2 Å². The second-order valence-electron chi connectivity index (χ2n) is 6.30. The van der Waals surface area contributed by atoms with Crippen molar-refractivity contribution in [2.45, 2.75) is 29.5 Å². The Hall–Kier alpha value is -3.38. The van der Waals surface area contributed by atoms with Gasteiger partial charge >= 0.3 is 0 Å². The van der Waals surface area contributed by atoms with Gasteiger partial charge in [0.25, 0.3) is 5.91 Å². The highest BCUT2D eigenvalue weighted by Crippen LogP contribution is 2.39. The van der Waals surface area contributed by atoms with Crippen LogP contribution >= 0.6 is 11.8 Å². The normalized spacial score (nSPS) is 13.1. The summed E-state index contributed by atoms with van der Waals surface area (Å²) in [6, 6.07) is 12.5. The molecule has 140 valence electrons. The number of nitrogens with one attached hydrogen (secondary N) is 1. The van der Waals surface area contributed by atoms with Crippen LogP contribution in [0.1, 0.15) is 46.5 Å². The van der Waals surface area contributed by atoms with Gasteiger partial charge in [-0.1, -0.05) is 30.0 Å². The molecule has 28 heavy (non-hydrogen) atoms. The van der Waals surface area contributed by atoms with Crippen molar-refractivity contribution in [1.29, 1.82) is 5.26 Å². The first kappa shape index (κ1) is 18.0. The maximum absolute atomic E-state index is 12.5. The Labute approximate surface area is 165 Å². The van der Waals surface area contributed by atoms with E-state index < -0.39 is 5.91 Å². The van der Waals surface area contributed by atoms with Crippen LogP contribution in [0.4, 0.5) is 11.5 Å². The van der Waals surface area contributed by atoms with Crippen LogP contribution in [0.2, 0.25) is 0 Å². The minimum absolute atomic E-state index is 0.0547. The molecule has 1 fully saturated rings. The summed E-state index contributed by atoms with van der Waals surface area (Å²) in [4.78, 5) is 16.7. The number of anilines is 2. The summed E-state index contributed by atoms with van der Waals surface area (Å²) in [5.41, 5.74) is 7.02. The Morgan fingerprint density at radius 3 is 2.82 bits per heavy atom. The maximum Gasteiger partial charge on any atom is 0.259 e. The predicted molar refractivity (Wildman–Crippen MR) is 104 cm³/mol. The molecule has 0 radical (unpaired) electrons. The lowest BCUT2D eigenvalue weighted by Crippen LogP contribution is -2.15. The van der Waals surface area contributed by atoms with Crippen molar-refractivity contribution in [2.75, 3.05) is 11.1 Å². The lowest BCUT2D eigenvalue weighted by atomic mass is 10.2. The quantitative estimate of drug-likeness (QED) is 0.611. The van der Waals surface area contributed by atoms with Crippen molar-refractivity contribution in [1.82, 2.24) is 15.2 Å². The number of para-hydroxylation sites is 1. The van der Waals surface area contributed by atoms with Crippen LogP contribution in [-0.4, -0.2) is 21.1 Å². The summed E-state index contributed by atoms with van der Waals surface area (Å²) in [7, 11) is 0. The van der Waals surface area contributed by atoms with Gasteiger partial charge in [-0.2, -0.15) is 5.26 Å². The summed E-state index contributed by atoms with van der Waals surface area (Å²) < 4.78 is 5.61. The van der Waals surface area contributed by atoms with Gasteiger partial charge < -0.3 is 15.5 Å². The third kappa shape index (κ3) is 3.97. The molecule has 1 saturated carbocycles. The van der Waals surface area contributed by atoms with Gasteiger partial charge in [0.15, 0.2) is 0 Å². The van der Waals surface area contributed by atoms with Gasteiger partial charge in [0.05, 0.1) is 16.9 Å². The van der Waals surface area contributed by atoms with E-state index >= 15 is 0 Å². The summed E-state index contributed by atoms with van der Waals surface area (Å²) in [6.07, 6.45) is 2.16. The van der Waals surface area contributed by atoms with Crippen molar-refractivity contribution in [2.24, 2.45) is 0 Å². The molecule has 9 heteroatoms. The van der Waals surface area contributed by atoms with Crippen molar-refractivity contribution < 1.29 is 9.21 Å². The van der Waals surface area contributed by atoms with Crippen LogP contribution in [0.25, 0.3) is 0 Å². The van der Waals surface area contributed by atoms with Crippen LogP contribution in [0.15, 0.2) is 45.8 Å². The molecule has 8 nitrogen and oxygen atoms in total. The number of hydrogen-bond acceptors (Lipinski definition) is 8. The highest BCUT2D eigenvalue weighted by Gasteiger charge is 2.29. The summed E-state index contributed by atoms with van der Waals surface area (Å²) in [6.45, 7) is 0. The van der Waals surface area contributed by atoms with E-state index in [-0.39, 0.29) is 16.9 Å². The van der Waals surface area contributed by atoms with Gasteiger partial charge in [0, 0.05) is 11.6 Å². The zero-order chi connectivity index (χ0) is 19.5. The van der Waals surface area contributed by atoms with Crippen LogP contribution in [-0.2, 0) is 5.75 Å². The second kappa shape index (κ2) is 7.70. The molecule has 0 unspecified atom stereocenters. The van der Waals surface area contributed by atoms with Gasteiger partial charge in [0.2, 0.25) is 11.8 Å². The fourth-order valence-corrected chi connectivity index (χ4v) is 3.35. The maximum atomic E-state index is 12.5. The Morgan fingerprint density at radius 2 is 2.11 bits per heavy atom. The fraction of sp³-hybridized carbons (Fsp3) is 0.211. The largest absolute Gasteiger partial charge is 0.424 e. The van der Waals surface area contributed by atoms with Gasteiger partial charge in [-0.05, 0) is 31.0 Å². The number of carbonyl (C=O) groups excluding carboxylic acids is 1. The molecule has 0 bridgehead atoms. The SMILES string of the molecule is N#Cc1cc(C(=O)Nc2ccccc2)c(N)nc1SCc1nnc(C2CC2)o1. The number of carbonyl (C=O) groups is 1. The van der Waals surface area contributed by atoms with Gasteiger partial charge in [0.1, 0.15) is 16.9 Å². The fourth-order valence-electron chi connectivity index (χ4n) is 2.55. The Kier molecular flexibility index (Phi) is 4.95. The lowest BCUT2D eigenvalue weighted by Gasteiger charge is -2.09. The standard InChI is InChI=1S/C19H16N6O2S/c20-9-12-8-14(17(26)22-13-4-2-1-3-5-13)16(21)23-19(12)28-10-15-24-25-18(27-15)11-6-7-11/h1-5,8,11H,6-7,10H2,(H2,21,23)(H,22,26). The number of pyridine rings is 1. The predicted octanol–water partition coefficient (Wildman–Crippen LogP) is 3.34. The molecule has 0 aliphatic heterocycles. The van der Waals surface area contributed by atoms with Crippen LogP contribution in [0.3, 0.4) is 0 Å². The molecule has 2 aromatic heterocycles. The van der Waals surface area contributed by atoms with Crippen molar-refractivity contribution in [3.8, 4) is 6.07 Å². The molecule has 1 aliphatic rings. The number of nitrogens with two attached hydrogens (primary N) is 1. The topological polar surface area (TPSA) is 131 Å². The zero-order valence-electron chi connectivity index (χ0n) is 14.8. The van der Waals surface area contributed by atoms with Gasteiger partial charge in [-0.15, -0.1) is 10.2 Å². The minimum Gasteiger partial charge on any atom is -0.424 e. The summed E-state index contributed by atoms with van der Waals surface area (Å²) >= 11 is 1.27.